The smallest absolute Gasteiger partial charge is 0.176 e. The van der Waals surface area contributed by atoms with Crippen LogP contribution in [0.2, 0.25) is 0 Å². The van der Waals surface area contributed by atoms with Crippen molar-refractivity contribution in [3.8, 4) is 0 Å². The molecule has 0 aromatic carbocycles. The maximum Gasteiger partial charge on any atom is 0.176 e. The van der Waals surface area contributed by atoms with Crippen molar-refractivity contribution in [3.05, 3.63) is 0 Å². The van der Waals surface area contributed by atoms with E-state index < -0.39 is 34.8 Å². The van der Waals surface area contributed by atoms with Gasteiger partial charge in [0.2, 0.25) is 0 Å². The summed E-state index contributed by atoms with van der Waals surface area (Å²) < 4.78 is 24.4. The van der Waals surface area contributed by atoms with Gasteiger partial charge in [-0.3, -0.25) is 0 Å². The summed E-state index contributed by atoms with van der Waals surface area (Å²) in [6.45, 7) is 9.04. The lowest BCUT2D eigenvalue weighted by Gasteiger charge is -2.60. The van der Waals surface area contributed by atoms with Crippen LogP contribution in [0.25, 0.3) is 0 Å². The molecule has 6 heteroatoms. The van der Waals surface area contributed by atoms with Gasteiger partial charge in [-0.25, -0.2) is 0 Å². The highest BCUT2D eigenvalue weighted by Crippen LogP contribution is 2.62. The average Bonchev–Trinajstić information content (AvgIpc) is 2.98. The van der Waals surface area contributed by atoms with E-state index in [1.165, 1.54) is 0 Å². The molecule has 0 radical (unpaired) electrons. The monoisotopic (exact) mass is 328 g/mol. The van der Waals surface area contributed by atoms with E-state index in [9.17, 15) is 10.2 Å². The third-order valence-corrected chi connectivity index (χ3v) is 6.55. The zero-order valence-corrected chi connectivity index (χ0v) is 14.4. The number of hydrogen-bond acceptors (Lipinski definition) is 6. The normalized spacial score (nSPS) is 54.0. The largest absolute Gasteiger partial charge is 0.390 e. The van der Waals surface area contributed by atoms with Gasteiger partial charge in [-0.1, -0.05) is 6.92 Å². The zero-order valence-electron chi connectivity index (χ0n) is 14.4. The molecule has 23 heavy (non-hydrogen) atoms. The van der Waals surface area contributed by atoms with E-state index in [4.69, 9.17) is 18.9 Å². The number of hydrogen-bond donors (Lipinski definition) is 2. The van der Waals surface area contributed by atoms with Crippen LogP contribution in [0.4, 0.5) is 0 Å². The van der Waals surface area contributed by atoms with E-state index in [2.05, 4.69) is 6.92 Å². The molecule has 4 rings (SSSR count). The van der Waals surface area contributed by atoms with Crippen LogP contribution >= 0.6 is 0 Å². The molecule has 1 spiro atoms. The van der Waals surface area contributed by atoms with E-state index >= 15 is 0 Å². The molecule has 2 saturated carbocycles. The van der Waals surface area contributed by atoms with Gasteiger partial charge in [0.1, 0.15) is 0 Å². The molecule has 0 aromatic rings. The molecule has 4 fully saturated rings. The second-order valence-corrected chi connectivity index (χ2v) is 8.57. The Hall–Kier alpha value is -0.240. The molecule has 0 aromatic heterocycles. The van der Waals surface area contributed by atoms with Gasteiger partial charge in [0.05, 0.1) is 37.1 Å². The Labute approximate surface area is 137 Å². The minimum Gasteiger partial charge on any atom is -0.390 e. The number of aliphatic hydroxyl groups excluding tert-OH is 2. The molecule has 0 unspecified atom stereocenters. The Morgan fingerprint density at radius 1 is 0.913 bits per heavy atom. The predicted octanol–water partition coefficient (Wildman–Crippen LogP) is 1.18. The van der Waals surface area contributed by atoms with Crippen molar-refractivity contribution in [1.82, 2.24) is 0 Å². The Morgan fingerprint density at radius 3 is 2.22 bits per heavy atom. The third kappa shape index (κ3) is 2.09. The van der Waals surface area contributed by atoms with Gasteiger partial charge in [0.25, 0.3) is 0 Å². The molecule has 0 amide bonds. The van der Waals surface area contributed by atoms with Crippen LogP contribution in [0, 0.1) is 11.3 Å². The summed E-state index contributed by atoms with van der Waals surface area (Å²) >= 11 is 0. The van der Waals surface area contributed by atoms with E-state index in [0.717, 1.165) is 0 Å². The van der Waals surface area contributed by atoms with Gasteiger partial charge in [-0.05, 0) is 33.6 Å². The van der Waals surface area contributed by atoms with Gasteiger partial charge < -0.3 is 29.2 Å². The lowest BCUT2D eigenvalue weighted by atomic mass is 9.52. The first-order chi connectivity index (χ1) is 10.6. The van der Waals surface area contributed by atoms with Crippen LogP contribution in [0.1, 0.15) is 47.0 Å². The Bertz CT molecular complexity index is 501. The van der Waals surface area contributed by atoms with Crippen LogP contribution in [-0.4, -0.2) is 58.9 Å². The quantitative estimate of drug-likeness (QED) is 0.695. The number of rotatable bonds is 0. The molecule has 2 aliphatic heterocycles. The Kier molecular flexibility index (Phi) is 3.31. The van der Waals surface area contributed by atoms with Crippen LogP contribution in [0.15, 0.2) is 0 Å². The summed E-state index contributed by atoms with van der Waals surface area (Å²) in [6.07, 6.45) is -0.128. The summed E-state index contributed by atoms with van der Waals surface area (Å²) in [5.74, 6) is -1.64. The van der Waals surface area contributed by atoms with Crippen molar-refractivity contribution >= 4 is 0 Å². The first-order valence-corrected chi connectivity index (χ1v) is 8.63. The molecule has 4 aliphatic rings. The Morgan fingerprint density at radius 2 is 1.57 bits per heavy atom. The van der Waals surface area contributed by atoms with Crippen molar-refractivity contribution < 1.29 is 29.2 Å². The van der Waals surface area contributed by atoms with Gasteiger partial charge in [-0.15, -0.1) is 0 Å². The zero-order chi connectivity index (χ0) is 16.7. The highest BCUT2D eigenvalue weighted by atomic mass is 16.8. The fourth-order valence-corrected chi connectivity index (χ4v) is 5.48. The highest BCUT2D eigenvalue weighted by molar-refractivity contribution is 5.15. The van der Waals surface area contributed by atoms with Gasteiger partial charge in [0.15, 0.2) is 11.6 Å². The van der Waals surface area contributed by atoms with E-state index in [1.54, 1.807) is 0 Å². The van der Waals surface area contributed by atoms with Crippen LogP contribution in [0.5, 0.6) is 0 Å². The highest BCUT2D eigenvalue weighted by Gasteiger charge is 2.70. The minimum absolute atomic E-state index is 0.0779. The third-order valence-electron chi connectivity index (χ3n) is 6.55. The van der Waals surface area contributed by atoms with Crippen molar-refractivity contribution in [3.63, 3.8) is 0 Å². The molecule has 6 nitrogen and oxygen atoms in total. The average molecular weight is 328 g/mol. The van der Waals surface area contributed by atoms with Gasteiger partial charge in [0, 0.05) is 17.8 Å². The standard InChI is InChI=1S/C17H28O6/c1-14(2)22-12-9-15(3)10(7-16(12,4)23-14)13(19)11(18)8-17(15)20-5-6-21-17/h10-13,18-19H,5-9H2,1-4H3/t10-,11+,12-,13+,15-,16+/m0/s1. The summed E-state index contributed by atoms with van der Waals surface area (Å²) in [5, 5.41) is 21.1. The van der Waals surface area contributed by atoms with Gasteiger partial charge >= 0.3 is 0 Å². The minimum atomic E-state index is -0.846. The van der Waals surface area contributed by atoms with Crippen LogP contribution in [0.3, 0.4) is 0 Å². The van der Waals surface area contributed by atoms with Crippen molar-refractivity contribution in [1.29, 1.82) is 0 Å². The van der Waals surface area contributed by atoms with E-state index in [-0.39, 0.29) is 12.0 Å². The molecule has 132 valence electrons. The first-order valence-electron chi connectivity index (χ1n) is 8.63. The number of fused-ring (bicyclic) bond motifs is 3. The first kappa shape index (κ1) is 16.2. The van der Waals surface area contributed by atoms with E-state index in [1.807, 2.05) is 20.8 Å². The molecule has 2 heterocycles. The number of ether oxygens (including phenoxy) is 4. The predicted molar refractivity (Wildman–Crippen MR) is 80.5 cm³/mol. The van der Waals surface area contributed by atoms with Crippen LogP contribution < -0.4 is 0 Å². The summed E-state index contributed by atoms with van der Waals surface area (Å²) in [4.78, 5) is 0. The maximum atomic E-state index is 10.7. The molecular formula is C17H28O6. The molecular weight excluding hydrogens is 300 g/mol. The maximum absolute atomic E-state index is 10.7. The molecule has 6 atom stereocenters. The van der Waals surface area contributed by atoms with Gasteiger partial charge in [-0.2, -0.15) is 0 Å². The summed E-state index contributed by atoms with van der Waals surface area (Å²) in [7, 11) is 0. The fraction of sp³-hybridized carbons (Fsp3) is 1.00. The van der Waals surface area contributed by atoms with Crippen molar-refractivity contribution in [2.75, 3.05) is 13.2 Å². The SMILES string of the molecule is CC1(C)O[C@H]2C[C@@]3(C)[C@@H](C[C@@]2(C)O1)[C@@H](O)[C@H](O)CC31OCCO1. The lowest BCUT2D eigenvalue weighted by Crippen LogP contribution is -2.68. The number of aliphatic hydroxyl groups is 2. The van der Waals surface area contributed by atoms with Crippen LogP contribution in [-0.2, 0) is 18.9 Å². The molecule has 2 N–H and O–H groups in total. The lowest BCUT2D eigenvalue weighted by molar-refractivity contribution is -0.324. The van der Waals surface area contributed by atoms with E-state index in [0.29, 0.717) is 32.5 Å². The summed E-state index contributed by atoms with van der Waals surface area (Å²) in [5.41, 5.74) is -0.887. The second kappa shape index (κ2) is 4.68. The molecule has 0 bridgehead atoms. The molecule has 2 aliphatic carbocycles. The molecule has 2 saturated heterocycles. The van der Waals surface area contributed by atoms with Crippen molar-refractivity contribution in [2.45, 2.75) is 82.4 Å². The summed E-state index contributed by atoms with van der Waals surface area (Å²) in [6, 6.07) is 0. The Balaban J connectivity index is 1.74. The van der Waals surface area contributed by atoms with Crippen molar-refractivity contribution in [2.24, 2.45) is 11.3 Å². The fourth-order valence-electron chi connectivity index (χ4n) is 5.48. The second-order valence-electron chi connectivity index (χ2n) is 8.57. The topological polar surface area (TPSA) is 77.4 Å².